The molecule has 0 bridgehead atoms. The van der Waals surface area contributed by atoms with Gasteiger partial charge in [0.1, 0.15) is 24.0 Å². The number of aryl methyl sites for hydroxylation is 2. The van der Waals surface area contributed by atoms with E-state index >= 15 is 0 Å². The highest BCUT2D eigenvalue weighted by Crippen LogP contribution is 2.35. The Kier molecular flexibility index (Phi) is 6.77. The molecule has 7 heteroatoms. The minimum Gasteiger partial charge on any atom is -0.445 e. The van der Waals surface area contributed by atoms with Crippen molar-refractivity contribution >= 4 is 23.0 Å². The summed E-state index contributed by atoms with van der Waals surface area (Å²) in [5.74, 6) is -0.240. The van der Waals surface area contributed by atoms with Crippen molar-refractivity contribution in [1.29, 1.82) is 0 Å². The van der Waals surface area contributed by atoms with E-state index < -0.39 is 18.1 Å². The number of benzene rings is 2. The number of ether oxygens (including phenoxy) is 2. The second kappa shape index (κ2) is 9.90. The largest absolute Gasteiger partial charge is 0.445 e. The topological polar surface area (TPSA) is 94.8 Å². The fraction of sp³-hybridized carbons (Fsp3) is 0.346. The number of amides is 1. The van der Waals surface area contributed by atoms with E-state index in [9.17, 15) is 14.4 Å². The predicted octanol–water partition coefficient (Wildman–Crippen LogP) is 4.59. The third-order valence-corrected chi connectivity index (χ3v) is 5.76. The zero-order chi connectivity index (χ0) is 23.4. The Bertz CT molecular complexity index is 1230. The van der Waals surface area contributed by atoms with Crippen LogP contribution >= 0.6 is 0 Å². The summed E-state index contributed by atoms with van der Waals surface area (Å²) in [5, 5.41) is 3.28. The van der Waals surface area contributed by atoms with Gasteiger partial charge in [0.25, 0.3) is 0 Å². The second-order valence-corrected chi connectivity index (χ2v) is 8.30. The van der Waals surface area contributed by atoms with Crippen LogP contribution in [0.2, 0.25) is 0 Å². The van der Waals surface area contributed by atoms with Crippen LogP contribution in [-0.2, 0) is 29.0 Å². The molecule has 33 heavy (non-hydrogen) atoms. The molecule has 172 valence electrons. The van der Waals surface area contributed by atoms with Crippen molar-refractivity contribution < 1.29 is 23.5 Å². The summed E-state index contributed by atoms with van der Waals surface area (Å²) in [4.78, 5) is 37.7. The van der Waals surface area contributed by atoms with Gasteiger partial charge in [-0.25, -0.2) is 14.4 Å². The van der Waals surface area contributed by atoms with E-state index in [1.807, 2.05) is 44.2 Å². The molecule has 0 aliphatic heterocycles. The molecule has 0 radical (unpaired) electrons. The van der Waals surface area contributed by atoms with Crippen molar-refractivity contribution in [2.24, 2.45) is 0 Å². The molecule has 3 aromatic rings. The van der Waals surface area contributed by atoms with Crippen molar-refractivity contribution in [3.05, 3.63) is 75.1 Å². The van der Waals surface area contributed by atoms with Gasteiger partial charge in [0.2, 0.25) is 0 Å². The van der Waals surface area contributed by atoms with Crippen molar-refractivity contribution in [2.75, 3.05) is 0 Å². The summed E-state index contributed by atoms with van der Waals surface area (Å²) >= 11 is 0. The maximum atomic E-state index is 13.0. The first-order valence-corrected chi connectivity index (χ1v) is 11.2. The van der Waals surface area contributed by atoms with Crippen LogP contribution in [0.5, 0.6) is 5.75 Å². The number of hydrogen-bond acceptors (Lipinski definition) is 6. The minimum absolute atomic E-state index is 0.105. The number of carbonyl (C=O) groups is 2. The van der Waals surface area contributed by atoms with Crippen molar-refractivity contribution in [2.45, 2.75) is 58.6 Å². The zero-order valence-electron chi connectivity index (χ0n) is 18.8. The average Bonchev–Trinajstić information content (AvgIpc) is 3.28. The van der Waals surface area contributed by atoms with Gasteiger partial charge in [-0.05, 0) is 61.4 Å². The highest BCUT2D eigenvalue weighted by Gasteiger charge is 2.27. The van der Waals surface area contributed by atoms with E-state index in [1.54, 1.807) is 12.1 Å². The number of hydrogen-bond donors (Lipinski definition) is 1. The molecule has 1 aliphatic carbocycles. The fourth-order valence-corrected chi connectivity index (χ4v) is 4.21. The normalized spacial score (nSPS) is 13.4. The lowest BCUT2D eigenvalue weighted by molar-refractivity contribution is -0.136. The van der Waals surface area contributed by atoms with Crippen LogP contribution in [0.25, 0.3) is 11.0 Å². The van der Waals surface area contributed by atoms with Crippen molar-refractivity contribution in [3.63, 3.8) is 0 Å². The van der Waals surface area contributed by atoms with Gasteiger partial charge in [0, 0.05) is 5.56 Å². The zero-order valence-corrected chi connectivity index (χ0v) is 18.8. The average molecular weight is 450 g/mol. The summed E-state index contributed by atoms with van der Waals surface area (Å²) in [6.45, 7) is 3.86. The third kappa shape index (κ3) is 5.08. The Morgan fingerprint density at radius 2 is 1.88 bits per heavy atom. The van der Waals surface area contributed by atoms with E-state index in [0.29, 0.717) is 41.5 Å². The van der Waals surface area contributed by atoms with E-state index in [4.69, 9.17) is 13.9 Å². The van der Waals surface area contributed by atoms with Gasteiger partial charge in [0.05, 0.1) is 5.39 Å². The van der Waals surface area contributed by atoms with E-state index in [1.165, 1.54) is 0 Å². The molecule has 1 heterocycles. The summed E-state index contributed by atoms with van der Waals surface area (Å²) in [6, 6.07) is 12.0. The van der Waals surface area contributed by atoms with E-state index in [2.05, 4.69) is 5.32 Å². The molecule has 1 atom stereocenters. The highest BCUT2D eigenvalue weighted by molar-refractivity contribution is 5.92. The SMILES string of the molecule is CCCC(NC(=O)OCc1ccccc1)C(=O)Oc1cc(C)cc2oc(=O)c3c(c12)CCC3. The first kappa shape index (κ1) is 22.6. The van der Waals surface area contributed by atoms with Gasteiger partial charge >= 0.3 is 17.7 Å². The second-order valence-electron chi connectivity index (χ2n) is 8.30. The third-order valence-electron chi connectivity index (χ3n) is 5.76. The van der Waals surface area contributed by atoms with Gasteiger partial charge in [-0.3, -0.25) is 0 Å². The maximum absolute atomic E-state index is 13.0. The quantitative estimate of drug-likeness (QED) is 0.322. The number of alkyl carbamates (subject to hydrolysis) is 1. The number of nitrogens with one attached hydrogen (secondary N) is 1. The summed E-state index contributed by atoms with van der Waals surface area (Å²) in [5.41, 5.74) is 3.26. The number of esters is 1. The Morgan fingerprint density at radius 1 is 1.12 bits per heavy atom. The molecule has 0 spiro atoms. The molecule has 4 rings (SSSR count). The molecule has 7 nitrogen and oxygen atoms in total. The van der Waals surface area contributed by atoms with Gasteiger partial charge in [0.15, 0.2) is 0 Å². The van der Waals surface area contributed by atoms with Crippen molar-refractivity contribution in [3.8, 4) is 5.75 Å². The van der Waals surface area contributed by atoms with Gasteiger partial charge in [-0.15, -0.1) is 0 Å². The standard InChI is InChI=1S/C26H27NO6/c1-3-8-20(27-26(30)31-15-17-9-5-4-6-10-17)25(29)33-22-14-16(2)13-21-23(22)18-11-7-12-19(18)24(28)32-21/h4-6,9-10,13-14,20H,3,7-8,11-12,15H2,1-2H3,(H,27,30). The summed E-state index contributed by atoms with van der Waals surface area (Å²) < 4.78 is 16.6. The van der Waals surface area contributed by atoms with Crippen LogP contribution < -0.4 is 15.7 Å². The number of fused-ring (bicyclic) bond motifs is 3. The highest BCUT2D eigenvalue weighted by atomic mass is 16.6. The Morgan fingerprint density at radius 3 is 2.64 bits per heavy atom. The van der Waals surface area contributed by atoms with Crippen LogP contribution in [0.15, 0.2) is 51.7 Å². The first-order valence-electron chi connectivity index (χ1n) is 11.2. The van der Waals surface area contributed by atoms with Gasteiger partial charge in [-0.1, -0.05) is 43.7 Å². The molecule has 1 amide bonds. The fourth-order valence-electron chi connectivity index (χ4n) is 4.21. The smallest absolute Gasteiger partial charge is 0.408 e. The molecule has 1 aromatic heterocycles. The van der Waals surface area contributed by atoms with Gasteiger partial charge in [-0.2, -0.15) is 0 Å². The predicted molar refractivity (Wildman–Crippen MR) is 123 cm³/mol. The molecule has 2 aromatic carbocycles. The Labute approximate surface area is 191 Å². The number of carbonyl (C=O) groups excluding carboxylic acids is 2. The summed E-state index contributed by atoms with van der Waals surface area (Å²) in [7, 11) is 0. The van der Waals surface area contributed by atoms with Crippen LogP contribution in [0.4, 0.5) is 4.79 Å². The molecule has 1 unspecified atom stereocenters. The molecular weight excluding hydrogens is 422 g/mol. The molecular formula is C26H27NO6. The molecule has 0 fully saturated rings. The van der Waals surface area contributed by atoms with Crippen LogP contribution in [0.1, 0.15) is 48.4 Å². The van der Waals surface area contributed by atoms with E-state index in [0.717, 1.165) is 29.5 Å². The van der Waals surface area contributed by atoms with Crippen molar-refractivity contribution in [1.82, 2.24) is 5.32 Å². The lowest BCUT2D eigenvalue weighted by Crippen LogP contribution is -2.43. The maximum Gasteiger partial charge on any atom is 0.408 e. The number of rotatable bonds is 7. The lowest BCUT2D eigenvalue weighted by atomic mass is 10.0. The summed E-state index contributed by atoms with van der Waals surface area (Å²) in [6.07, 6.45) is 2.62. The lowest BCUT2D eigenvalue weighted by Gasteiger charge is -2.18. The monoisotopic (exact) mass is 449 g/mol. The van der Waals surface area contributed by atoms with Gasteiger partial charge < -0.3 is 19.2 Å². The molecule has 0 saturated carbocycles. The van der Waals surface area contributed by atoms with E-state index in [-0.39, 0.29) is 12.2 Å². The van der Waals surface area contributed by atoms with Crippen LogP contribution in [0.3, 0.4) is 0 Å². The van der Waals surface area contributed by atoms with Crippen LogP contribution in [0, 0.1) is 6.92 Å². The molecule has 1 N–H and O–H groups in total. The Balaban J connectivity index is 1.53. The molecule has 1 aliphatic rings. The molecule has 0 saturated heterocycles. The minimum atomic E-state index is -0.863. The van der Waals surface area contributed by atoms with Crippen LogP contribution in [-0.4, -0.2) is 18.1 Å². The Hall–Kier alpha value is -3.61. The first-order chi connectivity index (χ1) is 16.0.